The molecule has 0 bridgehead atoms. The van der Waals surface area contributed by atoms with Gasteiger partial charge in [0.1, 0.15) is 5.75 Å². The van der Waals surface area contributed by atoms with Crippen LogP contribution >= 0.6 is 0 Å². The van der Waals surface area contributed by atoms with E-state index < -0.39 is 0 Å². The van der Waals surface area contributed by atoms with Gasteiger partial charge in [0.05, 0.1) is 7.11 Å². The zero-order valence-corrected chi connectivity index (χ0v) is 12.3. The Morgan fingerprint density at radius 1 is 1.35 bits per heavy atom. The fourth-order valence-electron chi connectivity index (χ4n) is 2.96. The van der Waals surface area contributed by atoms with Crippen molar-refractivity contribution in [2.45, 2.75) is 31.2 Å². The molecule has 3 rings (SSSR count). The molecule has 0 aromatic heterocycles. The van der Waals surface area contributed by atoms with Gasteiger partial charge < -0.3 is 15.0 Å². The van der Waals surface area contributed by atoms with Gasteiger partial charge in [0, 0.05) is 26.2 Å². The smallest absolute Gasteiger partial charge is 0.193 e. The molecule has 0 unspecified atom stereocenters. The van der Waals surface area contributed by atoms with Crippen molar-refractivity contribution in [1.82, 2.24) is 10.2 Å². The Morgan fingerprint density at radius 3 is 2.95 bits per heavy atom. The number of guanidine groups is 1. The number of hydrogen-bond acceptors (Lipinski definition) is 4. The highest BCUT2D eigenvalue weighted by Gasteiger charge is 2.31. The van der Waals surface area contributed by atoms with E-state index in [1.54, 1.807) is 7.11 Å². The molecule has 1 aliphatic carbocycles. The fraction of sp³-hybridized carbons (Fsp3) is 0.562. The van der Waals surface area contributed by atoms with Crippen molar-refractivity contribution in [3.05, 3.63) is 29.8 Å². The lowest BCUT2D eigenvalue weighted by Gasteiger charge is -2.39. The van der Waals surface area contributed by atoms with Gasteiger partial charge in [0.2, 0.25) is 0 Å². The average molecular weight is 273 g/mol. The first-order valence-electron chi connectivity index (χ1n) is 7.42. The molecule has 1 N–H and O–H groups in total. The first kappa shape index (κ1) is 13.3. The maximum absolute atomic E-state index is 5.29. The molecule has 1 saturated carbocycles. The first-order valence-corrected chi connectivity index (χ1v) is 7.42. The second-order valence-electron chi connectivity index (χ2n) is 5.77. The van der Waals surface area contributed by atoms with E-state index in [4.69, 9.17) is 4.74 Å². The van der Waals surface area contributed by atoms with Crippen LogP contribution in [0.1, 0.15) is 30.7 Å². The highest BCUT2D eigenvalue weighted by Crippen LogP contribution is 2.38. The minimum Gasteiger partial charge on any atom is -0.497 e. The number of benzene rings is 1. The van der Waals surface area contributed by atoms with Crippen LogP contribution in [0, 0.1) is 0 Å². The molecule has 108 valence electrons. The normalized spacial score (nSPS) is 25.7. The third-order valence-corrected chi connectivity index (χ3v) is 4.31. The maximum Gasteiger partial charge on any atom is 0.193 e. The van der Waals surface area contributed by atoms with Gasteiger partial charge in [0.15, 0.2) is 5.96 Å². The zero-order chi connectivity index (χ0) is 13.9. The monoisotopic (exact) mass is 273 g/mol. The highest BCUT2D eigenvalue weighted by atomic mass is 16.5. The van der Waals surface area contributed by atoms with Crippen molar-refractivity contribution in [3.63, 3.8) is 0 Å². The fourth-order valence-corrected chi connectivity index (χ4v) is 2.96. The van der Waals surface area contributed by atoms with Crippen LogP contribution in [-0.4, -0.2) is 44.1 Å². The summed E-state index contributed by atoms with van der Waals surface area (Å²) >= 11 is 0. The Balaban J connectivity index is 1.54. The molecule has 0 atom stereocenters. The summed E-state index contributed by atoms with van der Waals surface area (Å²) < 4.78 is 5.29. The molecule has 2 aliphatic rings. The van der Waals surface area contributed by atoms with Crippen molar-refractivity contribution in [3.8, 4) is 5.75 Å². The average Bonchev–Trinajstić information content (AvgIpc) is 2.44. The van der Waals surface area contributed by atoms with E-state index in [2.05, 4.69) is 40.5 Å². The second-order valence-corrected chi connectivity index (χ2v) is 5.77. The summed E-state index contributed by atoms with van der Waals surface area (Å²) in [6.07, 6.45) is 3.53. The zero-order valence-electron chi connectivity index (χ0n) is 12.3. The van der Waals surface area contributed by atoms with Crippen LogP contribution in [0.25, 0.3) is 0 Å². The summed E-state index contributed by atoms with van der Waals surface area (Å²) in [5.41, 5.74) is 1.39. The number of hydrogen-bond donors (Lipinski definition) is 1. The molecule has 1 aliphatic heterocycles. The third-order valence-electron chi connectivity index (χ3n) is 4.31. The van der Waals surface area contributed by atoms with E-state index in [9.17, 15) is 0 Å². The molecular formula is C16H23N3O. The van der Waals surface area contributed by atoms with Crippen LogP contribution in [0.3, 0.4) is 0 Å². The predicted octanol–water partition coefficient (Wildman–Crippen LogP) is 2.22. The summed E-state index contributed by atoms with van der Waals surface area (Å²) in [6.45, 7) is 2.07. The van der Waals surface area contributed by atoms with Crippen molar-refractivity contribution in [2.75, 3.05) is 27.2 Å². The molecular weight excluding hydrogens is 250 g/mol. The number of methoxy groups -OCH3 is 1. The van der Waals surface area contributed by atoms with Crippen LogP contribution in [0.4, 0.5) is 0 Å². The first-order chi connectivity index (χ1) is 9.76. The topological polar surface area (TPSA) is 36.9 Å². The van der Waals surface area contributed by atoms with Crippen LogP contribution in [0.15, 0.2) is 29.3 Å². The van der Waals surface area contributed by atoms with Gasteiger partial charge >= 0.3 is 0 Å². The third kappa shape index (κ3) is 2.74. The van der Waals surface area contributed by atoms with Crippen molar-refractivity contribution >= 4 is 5.96 Å². The van der Waals surface area contributed by atoms with E-state index in [1.807, 2.05) is 6.07 Å². The van der Waals surface area contributed by atoms with E-state index in [-0.39, 0.29) is 0 Å². The van der Waals surface area contributed by atoms with Gasteiger partial charge in [-0.05, 0) is 42.9 Å². The lowest BCUT2D eigenvalue weighted by atomic mass is 9.76. The molecule has 1 heterocycles. The molecule has 1 fully saturated rings. The number of nitrogens with one attached hydrogen (secondary N) is 1. The number of nitrogens with zero attached hydrogens (tertiary/aromatic N) is 2. The molecule has 20 heavy (non-hydrogen) atoms. The van der Waals surface area contributed by atoms with Crippen LogP contribution in [-0.2, 0) is 0 Å². The molecule has 1 aromatic carbocycles. The van der Waals surface area contributed by atoms with E-state index in [0.717, 1.165) is 24.8 Å². The Hall–Kier alpha value is -1.71. The summed E-state index contributed by atoms with van der Waals surface area (Å²) in [7, 11) is 3.84. The summed E-state index contributed by atoms with van der Waals surface area (Å²) in [6, 6.07) is 9.00. The summed E-state index contributed by atoms with van der Waals surface area (Å²) in [5, 5.41) is 3.58. The highest BCUT2D eigenvalue weighted by molar-refractivity contribution is 5.80. The van der Waals surface area contributed by atoms with Crippen molar-refractivity contribution in [1.29, 1.82) is 0 Å². The van der Waals surface area contributed by atoms with E-state index in [1.165, 1.54) is 24.8 Å². The second kappa shape index (κ2) is 5.73. The molecule has 4 heteroatoms. The van der Waals surface area contributed by atoms with Crippen molar-refractivity contribution in [2.24, 2.45) is 4.99 Å². The molecule has 0 saturated heterocycles. The Labute approximate surface area is 120 Å². The van der Waals surface area contributed by atoms with Gasteiger partial charge in [-0.15, -0.1) is 0 Å². The lowest BCUT2D eigenvalue weighted by Crippen LogP contribution is -2.50. The summed E-state index contributed by atoms with van der Waals surface area (Å²) in [5.74, 6) is 2.68. The van der Waals surface area contributed by atoms with Gasteiger partial charge in [-0.25, -0.2) is 0 Å². The number of aliphatic imine (C=N–C) groups is 1. The maximum atomic E-state index is 5.29. The Kier molecular flexibility index (Phi) is 3.81. The van der Waals surface area contributed by atoms with Gasteiger partial charge in [-0.2, -0.15) is 0 Å². The van der Waals surface area contributed by atoms with Crippen LogP contribution < -0.4 is 10.1 Å². The van der Waals surface area contributed by atoms with Gasteiger partial charge in [-0.1, -0.05) is 12.1 Å². The lowest BCUT2D eigenvalue weighted by molar-refractivity contribution is 0.307. The number of ether oxygens (including phenoxy) is 1. The molecule has 4 nitrogen and oxygen atoms in total. The number of rotatable bonds is 3. The van der Waals surface area contributed by atoms with Crippen LogP contribution in [0.2, 0.25) is 0 Å². The predicted molar refractivity (Wildman–Crippen MR) is 81.4 cm³/mol. The van der Waals surface area contributed by atoms with Crippen LogP contribution in [0.5, 0.6) is 5.75 Å². The SMILES string of the molecule is COc1cccc(C2CC(NC3=NCCCN3C)C2)c1. The van der Waals surface area contributed by atoms with Crippen molar-refractivity contribution < 1.29 is 4.74 Å². The molecule has 0 spiro atoms. The minimum atomic E-state index is 0.561. The Morgan fingerprint density at radius 2 is 2.20 bits per heavy atom. The van der Waals surface area contributed by atoms with Gasteiger partial charge in [0.25, 0.3) is 0 Å². The molecule has 1 aromatic rings. The van der Waals surface area contributed by atoms with Gasteiger partial charge in [-0.3, -0.25) is 4.99 Å². The van der Waals surface area contributed by atoms with E-state index in [0.29, 0.717) is 12.0 Å². The molecule has 0 radical (unpaired) electrons. The quantitative estimate of drug-likeness (QED) is 0.917. The summed E-state index contributed by atoms with van der Waals surface area (Å²) in [4.78, 5) is 6.79. The minimum absolute atomic E-state index is 0.561. The van der Waals surface area contributed by atoms with E-state index >= 15 is 0 Å². The largest absolute Gasteiger partial charge is 0.497 e. The standard InChI is InChI=1S/C16H23N3O/c1-19-8-4-7-17-16(19)18-14-9-13(10-14)12-5-3-6-15(11-12)20-2/h3,5-6,11,13-14H,4,7-10H2,1-2H3,(H,17,18). The Bertz CT molecular complexity index is 494. The molecule has 0 amide bonds.